The van der Waals surface area contributed by atoms with Crippen molar-refractivity contribution < 1.29 is 0 Å². The van der Waals surface area contributed by atoms with Crippen molar-refractivity contribution in [3.05, 3.63) is 182 Å². The molecule has 0 saturated heterocycles. The van der Waals surface area contributed by atoms with E-state index in [0.717, 1.165) is 5.67 Å². The fraction of sp³-hybridized carbons (Fsp3) is 0.0270. The highest BCUT2D eigenvalue weighted by Crippen LogP contribution is 2.23. The zero-order valence-corrected chi connectivity index (χ0v) is 24.0. The summed E-state index contributed by atoms with van der Waals surface area (Å²) in [5, 5.41) is 8.76. The van der Waals surface area contributed by atoms with E-state index in [4.69, 9.17) is 0 Å². The fourth-order valence-corrected chi connectivity index (χ4v) is 21.0. The maximum Gasteiger partial charge on any atom is 0.146 e. The first-order chi connectivity index (χ1) is 19.3. The van der Waals surface area contributed by atoms with Crippen molar-refractivity contribution in [2.45, 2.75) is 5.67 Å². The molecule has 6 rings (SSSR count). The molecule has 0 radical (unpaired) electrons. The lowest BCUT2D eigenvalue weighted by molar-refractivity contribution is 1.58. The molecule has 0 amide bonds. The molecule has 6 aromatic carbocycles. The minimum absolute atomic E-state index is 1.09. The molecule has 39 heavy (non-hydrogen) atoms. The molecule has 0 heterocycles. The molecule has 0 spiro atoms. The third kappa shape index (κ3) is 4.63. The Morgan fingerprint density at radius 3 is 0.538 bits per heavy atom. The first kappa shape index (κ1) is 25.1. The van der Waals surface area contributed by atoms with E-state index in [1.807, 2.05) is 0 Å². The Kier molecular flexibility index (Phi) is 7.22. The third-order valence-corrected chi connectivity index (χ3v) is 20.3. The Morgan fingerprint density at radius 2 is 0.385 bits per heavy atom. The standard InChI is InChI=1S/C37H32Si2/c1-7-19-32(20-8-1)38(33-21-9-2-10-22-33,34-23-11-3-12-24-34)31-39(35-25-13-4-14-26-35,36-27-15-5-16-28-36)37-29-17-6-18-30-37/h1-30H,31H2. The molecular formula is C37H32Si2. The molecule has 0 saturated carbocycles. The van der Waals surface area contributed by atoms with Crippen LogP contribution in [-0.4, -0.2) is 16.1 Å². The number of hydrogen-bond acceptors (Lipinski definition) is 0. The average Bonchev–Trinajstić information content (AvgIpc) is 3.04. The van der Waals surface area contributed by atoms with Crippen molar-refractivity contribution in [3.8, 4) is 0 Å². The van der Waals surface area contributed by atoms with Gasteiger partial charge in [0, 0.05) is 0 Å². The van der Waals surface area contributed by atoms with Crippen LogP contribution >= 0.6 is 0 Å². The molecule has 0 aliphatic heterocycles. The maximum absolute atomic E-state index is 2.55. The Bertz CT molecular complexity index is 1270. The minimum atomic E-state index is -2.55. The number of benzene rings is 6. The van der Waals surface area contributed by atoms with Crippen molar-refractivity contribution in [1.29, 1.82) is 0 Å². The van der Waals surface area contributed by atoms with Crippen molar-refractivity contribution in [3.63, 3.8) is 0 Å². The smallest absolute Gasteiger partial charge is 0.0624 e. The van der Waals surface area contributed by atoms with Gasteiger partial charge >= 0.3 is 0 Å². The minimum Gasteiger partial charge on any atom is -0.0624 e. The van der Waals surface area contributed by atoms with Gasteiger partial charge < -0.3 is 0 Å². The summed E-state index contributed by atoms with van der Waals surface area (Å²) in [5.41, 5.74) is 1.09. The molecule has 188 valence electrons. The van der Waals surface area contributed by atoms with Gasteiger partial charge in [-0.3, -0.25) is 0 Å². The molecule has 2 heteroatoms. The SMILES string of the molecule is c1ccc([Si](C[Si](c2ccccc2)(c2ccccc2)c2ccccc2)(c2ccccc2)c2ccccc2)cc1. The number of rotatable bonds is 8. The molecular weight excluding hydrogens is 501 g/mol. The summed E-state index contributed by atoms with van der Waals surface area (Å²) in [6.07, 6.45) is 0. The van der Waals surface area contributed by atoms with Crippen molar-refractivity contribution in [1.82, 2.24) is 0 Å². The van der Waals surface area contributed by atoms with Crippen LogP contribution in [0.4, 0.5) is 0 Å². The zero-order valence-electron chi connectivity index (χ0n) is 22.0. The summed E-state index contributed by atoms with van der Waals surface area (Å²) in [4.78, 5) is 0. The van der Waals surface area contributed by atoms with Gasteiger partial charge in [0.05, 0.1) is 0 Å². The summed E-state index contributed by atoms with van der Waals surface area (Å²) in [5.74, 6) is 0. The van der Waals surface area contributed by atoms with Gasteiger partial charge in [-0.25, -0.2) is 0 Å². The van der Waals surface area contributed by atoms with Gasteiger partial charge in [-0.2, -0.15) is 0 Å². The molecule has 0 bridgehead atoms. The van der Waals surface area contributed by atoms with Gasteiger partial charge in [0.15, 0.2) is 0 Å². The van der Waals surface area contributed by atoms with Crippen LogP contribution in [0.3, 0.4) is 0 Å². The fourth-order valence-electron chi connectivity index (χ4n) is 6.35. The average molecular weight is 533 g/mol. The Hall–Kier alpha value is -4.25. The predicted molar refractivity (Wildman–Crippen MR) is 173 cm³/mol. The maximum atomic E-state index is 2.38. The van der Waals surface area contributed by atoms with E-state index in [-0.39, 0.29) is 0 Å². The van der Waals surface area contributed by atoms with Gasteiger partial charge in [-0.1, -0.05) is 182 Å². The van der Waals surface area contributed by atoms with Crippen LogP contribution in [0.5, 0.6) is 0 Å². The van der Waals surface area contributed by atoms with Crippen molar-refractivity contribution >= 4 is 47.3 Å². The van der Waals surface area contributed by atoms with Crippen LogP contribution in [-0.2, 0) is 0 Å². The Morgan fingerprint density at radius 1 is 0.231 bits per heavy atom. The van der Waals surface area contributed by atoms with Crippen LogP contribution in [0.1, 0.15) is 0 Å². The van der Waals surface area contributed by atoms with Gasteiger partial charge in [0.2, 0.25) is 0 Å². The van der Waals surface area contributed by atoms with Gasteiger partial charge in [-0.15, -0.1) is 0 Å². The quantitative estimate of drug-likeness (QED) is 0.194. The summed E-state index contributed by atoms with van der Waals surface area (Å²) < 4.78 is 0. The highest BCUT2D eigenvalue weighted by molar-refractivity contribution is 7.25. The topological polar surface area (TPSA) is 0 Å². The van der Waals surface area contributed by atoms with E-state index in [9.17, 15) is 0 Å². The Balaban J connectivity index is 1.76. The van der Waals surface area contributed by atoms with E-state index in [1.54, 1.807) is 0 Å². The largest absolute Gasteiger partial charge is 0.146 e. The first-order valence-corrected chi connectivity index (χ1v) is 18.1. The first-order valence-electron chi connectivity index (χ1n) is 13.7. The summed E-state index contributed by atoms with van der Waals surface area (Å²) >= 11 is 0. The zero-order chi connectivity index (χ0) is 26.4. The molecule has 0 nitrogen and oxygen atoms in total. The van der Waals surface area contributed by atoms with Gasteiger partial charge in [0.25, 0.3) is 0 Å². The highest BCUT2D eigenvalue weighted by Gasteiger charge is 2.50. The van der Waals surface area contributed by atoms with E-state index < -0.39 is 16.1 Å². The summed E-state index contributed by atoms with van der Waals surface area (Å²) in [7, 11) is -5.09. The second-order valence-corrected chi connectivity index (χ2v) is 18.7. The summed E-state index contributed by atoms with van der Waals surface area (Å²) in [6, 6.07) is 68.1. The second-order valence-electron chi connectivity index (χ2n) is 10.2. The lowest BCUT2D eigenvalue weighted by Gasteiger charge is -2.43. The summed E-state index contributed by atoms with van der Waals surface area (Å²) in [6.45, 7) is 0. The molecule has 0 unspecified atom stereocenters. The molecule has 6 aromatic rings. The molecule has 0 aromatic heterocycles. The number of hydrogen-bond donors (Lipinski definition) is 0. The highest BCUT2D eigenvalue weighted by atomic mass is 28.4. The third-order valence-electron chi connectivity index (χ3n) is 8.13. The normalized spacial score (nSPS) is 11.7. The van der Waals surface area contributed by atoms with E-state index in [0.29, 0.717) is 0 Å². The lowest BCUT2D eigenvalue weighted by atomic mass is 10.3. The monoisotopic (exact) mass is 532 g/mol. The van der Waals surface area contributed by atoms with Crippen molar-refractivity contribution in [2.24, 2.45) is 0 Å². The van der Waals surface area contributed by atoms with Crippen LogP contribution < -0.4 is 31.1 Å². The second kappa shape index (κ2) is 11.2. The van der Waals surface area contributed by atoms with Crippen LogP contribution in [0, 0.1) is 0 Å². The van der Waals surface area contributed by atoms with Crippen LogP contribution in [0.15, 0.2) is 182 Å². The van der Waals surface area contributed by atoms with Crippen LogP contribution in [0.25, 0.3) is 0 Å². The molecule has 0 atom stereocenters. The predicted octanol–water partition coefficient (Wildman–Crippen LogP) is 4.87. The van der Waals surface area contributed by atoms with Gasteiger partial charge in [-0.05, 0) is 36.8 Å². The molecule has 0 fully saturated rings. The molecule has 0 aliphatic rings. The van der Waals surface area contributed by atoms with E-state index >= 15 is 0 Å². The van der Waals surface area contributed by atoms with Gasteiger partial charge in [0.1, 0.15) is 16.1 Å². The Labute approximate surface area is 234 Å². The van der Waals surface area contributed by atoms with E-state index in [2.05, 4.69) is 182 Å². The van der Waals surface area contributed by atoms with Crippen molar-refractivity contribution in [2.75, 3.05) is 0 Å². The molecule has 0 aliphatic carbocycles. The lowest BCUT2D eigenvalue weighted by Crippen LogP contribution is -2.78. The van der Waals surface area contributed by atoms with E-state index in [1.165, 1.54) is 31.1 Å². The molecule has 0 N–H and O–H groups in total. The van der Waals surface area contributed by atoms with Crippen LogP contribution in [0.2, 0.25) is 5.67 Å².